The first-order chi connectivity index (χ1) is 5.91. The summed E-state index contributed by atoms with van der Waals surface area (Å²) in [6.07, 6.45) is 2.93. The predicted octanol–water partition coefficient (Wildman–Crippen LogP) is 0.720. The Hall–Kier alpha value is -0.651. The topological polar surface area (TPSA) is 63.1 Å². The van der Waals surface area contributed by atoms with E-state index >= 15 is 0 Å². The van der Waals surface area contributed by atoms with E-state index in [4.69, 9.17) is 5.11 Å². The second kappa shape index (κ2) is 3.61. The monoisotopic (exact) mass is 288 g/mol. The van der Waals surface area contributed by atoms with Crippen molar-refractivity contribution in [3.63, 3.8) is 0 Å². The fourth-order valence-corrected chi connectivity index (χ4v) is 3.41. The quantitative estimate of drug-likeness (QED) is 0.814. The zero-order valence-corrected chi connectivity index (χ0v) is 10.8. The van der Waals surface area contributed by atoms with Crippen molar-refractivity contribution >= 4 is 28.1 Å². The maximum atomic E-state index is 10.5. The Kier molecular flexibility index (Phi) is 2.90. The van der Waals surface area contributed by atoms with Gasteiger partial charge in [-0.25, -0.2) is 0 Å². The van der Waals surface area contributed by atoms with E-state index in [2.05, 4.69) is 24.8 Å². The molecular formula is C8H12N2O2Sn. The van der Waals surface area contributed by atoms with Crippen LogP contribution in [-0.2, 0) is 0 Å². The third kappa shape index (κ3) is 2.65. The second-order valence-electron chi connectivity index (χ2n) is 3.84. The predicted molar refractivity (Wildman–Crippen MR) is 52.0 cm³/mol. The van der Waals surface area contributed by atoms with Crippen LogP contribution < -0.4 is 3.71 Å². The van der Waals surface area contributed by atoms with Gasteiger partial charge in [0.25, 0.3) is 0 Å². The summed E-state index contributed by atoms with van der Waals surface area (Å²) in [5.74, 6) is -1.02. The van der Waals surface area contributed by atoms with Gasteiger partial charge in [0.2, 0.25) is 0 Å². The molecular weight excluding hydrogens is 275 g/mol. The van der Waals surface area contributed by atoms with Gasteiger partial charge in [0.05, 0.1) is 0 Å². The van der Waals surface area contributed by atoms with Crippen LogP contribution >= 0.6 is 0 Å². The summed E-state index contributed by atoms with van der Waals surface area (Å²) in [5, 5.41) is 8.59. The molecule has 0 aromatic carbocycles. The molecule has 0 bridgehead atoms. The average molecular weight is 287 g/mol. The molecule has 0 atom stereocenters. The zero-order valence-electron chi connectivity index (χ0n) is 7.90. The summed E-state index contributed by atoms with van der Waals surface area (Å²) in [6.45, 7) is 0. The first-order valence-corrected chi connectivity index (χ1v) is 14.0. The molecule has 0 aliphatic heterocycles. The molecule has 13 heavy (non-hydrogen) atoms. The number of carbonyl (C=O) groups is 1. The Bertz CT molecular complexity index is 316. The number of hydrogen-bond acceptors (Lipinski definition) is 3. The summed E-state index contributed by atoms with van der Waals surface area (Å²) in [5.41, 5.74) is 0.0132. The van der Waals surface area contributed by atoms with E-state index in [0.29, 0.717) is 0 Å². The maximum absolute atomic E-state index is 10.5. The zero-order chi connectivity index (χ0) is 10.1. The van der Waals surface area contributed by atoms with E-state index in [1.165, 1.54) is 6.20 Å². The van der Waals surface area contributed by atoms with Gasteiger partial charge in [-0.1, -0.05) is 0 Å². The van der Waals surface area contributed by atoms with Crippen LogP contribution in [0.2, 0.25) is 14.8 Å². The normalized spacial score (nSPS) is 11.3. The first-order valence-electron chi connectivity index (χ1n) is 3.97. The van der Waals surface area contributed by atoms with Gasteiger partial charge in [0, 0.05) is 0 Å². The van der Waals surface area contributed by atoms with Crippen molar-refractivity contribution in [2.24, 2.45) is 0 Å². The van der Waals surface area contributed by atoms with Crippen molar-refractivity contribution in [3.8, 4) is 0 Å². The molecule has 0 radical (unpaired) electrons. The van der Waals surface area contributed by atoms with Crippen molar-refractivity contribution in [2.75, 3.05) is 0 Å². The van der Waals surface area contributed by atoms with Gasteiger partial charge < -0.3 is 0 Å². The number of aromatic nitrogens is 2. The Morgan fingerprint density at radius 2 is 1.92 bits per heavy atom. The van der Waals surface area contributed by atoms with Gasteiger partial charge >= 0.3 is 80.8 Å². The van der Waals surface area contributed by atoms with Gasteiger partial charge in [-0.2, -0.15) is 0 Å². The van der Waals surface area contributed by atoms with Crippen LogP contribution in [0, 0.1) is 0 Å². The Morgan fingerprint density at radius 1 is 1.31 bits per heavy atom. The first kappa shape index (κ1) is 10.4. The fraction of sp³-hybridized carbons (Fsp3) is 0.375. The fourth-order valence-electron chi connectivity index (χ4n) is 0.826. The molecule has 70 valence electrons. The minimum atomic E-state index is -2.16. The SMILES string of the molecule is [CH3][Sn]([CH3])([CH3])[c]1cnc(C(=O)O)cn1. The van der Waals surface area contributed by atoms with Gasteiger partial charge in [-0.15, -0.1) is 0 Å². The average Bonchev–Trinajstić information content (AvgIpc) is 2.03. The number of carboxylic acids is 1. The molecule has 1 aromatic heterocycles. The van der Waals surface area contributed by atoms with E-state index in [9.17, 15) is 4.79 Å². The molecule has 1 heterocycles. The van der Waals surface area contributed by atoms with Crippen molar-refractivity contribution in [3.05, 3.63) is 18.1 Å². The molecule has 1 rings (SSSR count). The van der Waals surface area contributed by atoms with Crippen molar-refractivity contribution < 1.29 is 9.90 Å². The number of carboxylic acid groups (broad SMARTS) is 1. The van der Waals surface area contributed by atoms with Gasteiger partial charge in [-0.05, 0) is 0 Å². The van der Waals surface area contributed by atoms with E-state index in [0.717, 1.165) is 3.71 Å². The molecule has 0 unspecified atom stereocenters. The van der Waals surface area contributed by atoms with Gasteiger partial charge in [-0.3, -0.25) is 0 Å². The van der Waals surface area contributed by atoms with Crippen LogP contribution in [0.3, 0.4) is 0 Å². The van der Waals surface area contributed by atoms with Gasteiger partial charge in [0.15, 0.2) is 0 Å². The molecule has 0 fully saturated rings. The van der Waals surface area contributed by atoms with Crippen LogP contribution in [0.4, 0.5) is 0 Å². The Labute approximate surface area is 80.9 Å². The number of aromatic carboxylic acids is 1. The van der Waals surface area contributed by atoms with Crippen LogP contribution in [0.15, 0.2) is 12.4 Å². The van der Waals surface area contributed by atoms with E-state index in [1.807, 2.05) is 0 Å². The summed E-state index contributed by atoms with van der Waals surface area (Å²) < 4.78 is 0.999. The minimum absolute atomic E-state index is 0.0132. The Balaban J connectivity index is 3.01. The number of hydrogen-bond donors (Lipinski definition) is 1. The molecule has 1 N–H and O–H groups in total. The summed E-state index contributed by atoms with van der Waals surface area (Å²) >= 11 is -2.16. The van der Waals surface area contributed by atoms with Crippen molar-refractivity contribution in [1.82, 2.24) is 9.97 Å². The molecule has 0 amide bonds. The molecule has 0 aliphatic rings. The van der Waals surface area contributed by atoms with Crippen molar-refractivity contribution in [2.45, 2.75) is 14.8 Å². The molecule has 0 spiro atoms. The summed E-state index contributed by atoms with van der Waals surface area (Å²) in [6, 6.07) is 0. The third-order valence-electron chi connectivity index (χ3n) is 1.64. The summed E-state index contributed by atoms with van der Waals surface area (Å²) in [7, 11) is 0. The number of rotatable bonds is 2. The number of nitrogens with zero attached hydrogens (tertiary/aromatic N) is 2. The molecule has 1 aromatic rings. The van der Waals surface area contributed by atoms with Crippen LogP contribution in [0.25, 0.3) is 0 Å². The van der Waals surface area contributed by atoms with Crippen LogP contribution in [0.1, 0.15) is 10.5 Å². The Morgan fingerprint density at radius 3 is 2.23 bits per heavy atom. The molecule has 4 nitrogen and oxygen atoms in total. The van der Waals surface area contributed by atoms with Crippen LogP contribution in [-0.4, -0.2) is 39.4 Å². The van der Waals surface area contributed by atoms with Crippen LogP contribution in [0.5, 0.6) is 0 Å². The summed E-state index contributed by atoms with van der Waals surface area (Å²) in [4.78, 5) is 25.1. The molecule has 0 saturated heterocycles. The molecule has 0 aliphatic carbocycles. The van der Waals surface area contributed by atoms with Crippen molar-refractivity contribution in [1.29, 1.82) is 0 Å². The molecule has 0 saturated carbocycles. The van der Waals surface area contributed by atoms with Gasteiger partial charge in [0.1, 0.15) is 0 Å². The molecule has 5 heteroatoms. The van der Waals surface area contributed by atoms with E-state index in [1.54, 1.807) is 6.20 Å². The third-order valence-corrected chi connectivity index (χ3v) is 6.76. The van der Waals surface area contributed by atoms with E-state index in [-0.39, 0.29) is 5.69 Å². The van der Waals surface area contributed by atoms with E-state index < -0.39 is 24.3 Å². The second-order valence-corrected chi connectivity index (χ2v) is 18.1. The standard InChI is InChI=1S/C5H3N2O2.3CH3.Sn/c8-5(9)4-3-6-1-2-7-4;;;;/h2-3H,(H,8,9);3*1H3;.